The fourth-order valence-corrected chi connectivity index (χ4v) is 7.27. The zero-order valence-corrected chi connectivity index (χ0v) is 33.0. The predicted octanol–water partition coefficient (Wildman–Crippen LogP) is 2.49. The summed E-state index contributed by atoms with van der Waals surface area (Å²) in [5.41, 5.74) is -1.41. The Kier molecular flexibility index (Phi) is 13.4. The van der Waals surface area contributed by atoms with Gasteiger partial charge in [0, 0.05) is 102 Å². The number of pyridine rings is 1. The molecule has 3 aliphatic heterocycles. The highest BCUT2D eigenvalue weighted by Crippen LogP contribution is 2.34. The number of carbonyl (C=O) groups excluding carboxylic acids is 4. The maximum absolute atomic E-state index is 13.3. The molecule has 0 aliphatic carbocycles. The average Bonchev–Trinajstić information content (AvgIpc) is 3.22. The minimum absolute atomic E-state index is 0.0634. The van der Waals surface area contributed by atoms with Crippen molar-refractivity contribution < 1.29 is 42.2 Å². The van der Waals surface area contributed by atoms with E-state index in [1.807, 2.05) is 24.3 Å². The normalized spacial score (nSPS) is 19.0. The average molecular weight is 820 g/mol. The molecule has 59 heavy (non-hydrogen) atoms. The Morgan fingerprint density at radius 1 is 0.949 bits per heavy atom. The molecule has 18 heteroatoms. The van der Waals surface area contributed by atoms with Crippen LogP contribution in [0.5, 0.6) is 5.75 Å². The molecular weight excluding hydrogens is 772 g/mol. The van der Waals surface area contributed by atoms with Crippen LogP contribution in [-0.4, -0.2) is 139 Å². The molecule has 1 aromatic heterocycles. The number of hydrogen-bond donors (Lipinski definition) is 3. The van der Waals surface area contributed by atoms with Crippen molar-refractivity contribution >= 4 is 40.7 Å². The number of aliphatic hydroxyl groups is 1. The molecule has 3 aliphatic rings. The quantitative estimate of drug-likeness (QED) is 0.216. The summed E-state index contributed by atoms with van der Waals surface area (Å²) in [5.74, 6) is -1.55. The van der Waals surface area contributed by atoms with Gasteiger partial charge in [-0.3, -0.25) is 39.3 Å². The Bertz CT molecular complexity index is 2040. The lowest BCUT2D eigenvalue weighted by atomic mass is 10.0. The number of nitriles is 1. The number of carbonyl (C=O) groups is 4. The lowest BCUT2D eigenvalue weighted by Gasteiger charge is -2.39. The minimum atomic E-state index is -4.79. The molecule has 3 saturated heterocycles. The second-order valence-electron chi connectivity index (χ2n) is 15.2. The van der Waals surface area contributed by atoms with Gasteiger partial charge in [-0.25, -0.2) is 0 Å². The minimum Gasteiger partial charge on any atom is -0.490 e. The molecule has 2 atom stereocenters. The van der Waals surface area contributed by atoms with Crippen LogP contribution in [0.15, 0.2) is 60.8 Å². The third-order valence-corrected chi connectivity index (χ3v) is 11.0. The number of imide groups is 1. The van der Waals surface area contributed by atoms with E-state index >= 15 is 0 Å². The van der Waals surface area contributed by atoms with Gasteiger partial charge in [0.15, 0.2) is 5.60 Å². The number of amides is 4. The molecule has 3 fully saturated rings. The Morgan fingerprint density at radius 3 is 2.17 bits per heavy atom. The molecule has 0 radical (unpaired) electrons. The van der Waals surface area contributed by atoms with Crippen LogP contribution in [-0.2, 0) is 31.8 Å². The molecule has 4 heterocycles. The van der Waals surface area contributed by atoms with E-state index in [4.69, 9.17) is 10.00 Å². The van der Waals surface area contributed by atoms with Gasteiger partial charge in [-0.2, -0.15) is 18.4 Å². The van der Waals surface area contributed by atoms with Crippen molar-refractivity contribution in [3.8, 4) is 11.8 Å². The molecule has 6 rings (SSSR count). The number of halogens is 3. The largest absolute Gasteiger partial charge is 0.490 e. The highest BCUT2D eigenvalue weighted by atomic mass is 19.4. The van der Waals surface area contributed by atoms with E-state index in [1.165, 1.54) is 17.9 Å². The standard InChI is InChI=1S/C41H48F3N9O6/c1-40(58,39(57)47-29-4-3-28(26-45)34(24-29)41(42,43)44)27-59-33-7-5-31(6-8-33)52-19-15-50(16-20-52)13-14-51-17-21-53(22-18-51)32-11-12-46-30(23-32)25-37(55)49(2)35-9-10-36(54)48-38(35)56/h3-8,11-12,23-24,35,58H,9-10,13-22,25,27H2,1-2H3,(H,47,57)(H,48,54,56)/t35?,40-/m0/s1. The van der Waals surface area contributed by atoms with Crippen molar-refractivity contribution in [2.24, 2.45) is 0 Å². The van der Waals surface area contributed by atoms with Gasteiger partial charge in [0.1, 0.15) is 18.4 Å². The van der Waals surface area contributed by atoms with Crippen molar-refractivity contribution in [2.75, 3.05) is 94.2 Å². The first kappa shape index (κ1) is 42.8. The molecule has 314 valence electrons. The van der Waals surface area contributed by atoms with Crippen LogP contribution in [0.25, 0.3) is 0 Å². The van der Waals surface area contributed by atoms with Crippen molar-refractivity contribution in [3.05, 3.63) is 77.6 Å². The summed E-state index contributed by atoms with van der Waals surface area (Å²) in [7, 11) is 1.58. The van der Waals surface area contributed by atoms with E-state index in [0.717, 1.165) is 89.0 Å². The molecule has 2 aromatic carbocycles. The Labute approximate surface area is 340 Å². The lowest BCUT2D eigenvalue weighted by Crippen LogP contribution is -2.53. The number of piperazine rings is 2. The summed E-state index contributed by atoms with van der Waals surface area (Å²) in [4.78, 5) is 64.7. The van der Waals surface area contributed by atoms with Gasteiger partial charge in [-0.1, -0.05) is 0 Å². The zero-order chi connectivity index (χ0) is 42.3. The van der Waals surface area contributed by atoms with Gasteiger partial charge in [-0.15, -0.1) is 0 Å². The van der Waals surface area contributed by atoms with E-state index in [9.17, 15) is 37.5 Å². The molecule has 0 bridgehead atoms. The Hall–Kier alpha value is -5.77. The van der Waals surface area contributed by atoms with Crippen LogP contribution in [0.1, 0.15) is 36.6 Å². The van der Waals surface area contributed by atoms with Gasteiger partial charge in [-0.05, 0) is 67.9 Å². The van der Waals surface area contributed by atoms with Gasteiger partial charge in [0.05, 0.1) is 29.3 Å². The maximum atomic E-state index is 13.3. The van der Waals surface area contributed by atoms with Crippen molar-refractivity contribution in [2.45, 2.75) is 44.0 Å². The Balaban J connectivity index is 0.889. The summed E-state index contributed by atoms with van der Waals surface area (Å²) in [5, 5.41) is 24.3. The number of nitrogens with zero attached hydrogens (tertiary/aromatic N) is 7. The van der Waals surface area contributed by atoms with Crippen molar-refractivity contribution in [3.63, 3.8) is 0 Å². The number of ether oxygens (including phenoxy) is 1. The number of anilines is 3. The molecule has 3 N–H and O–H groups in total. The summed E-state index contributed by atoms with van der Waals surface area (Å²) >= 11 is 0. The number of nitrogens with one attached hydrogen (secondary N) is 2. The fraction of sp³-hybridized carbons (Fsp3) is 0.463. The van der Waals surface area contributed by atoms with Gasteiger partial charge >= 0.3 is 6.18 Å². The first-order valence-electron chi connectivity index (χ1n) is 19.5. The van der Waals surface area contributed by atoms with Crippen LogP contribution >= 0.6 is 0 Å². The first-order valence-corrected chi connectivity index (χ1v) is 19.5. The van der Waals surface area contributed by atoms with E-state index in [2.05, 4.69) is 35.2 Å². The monoisotopic (exact) mass is 819 g/mol. The number of benzene rings is 2. The topological polar surface area (TPSA) is 175 Å². The SMILES string of the molecule is CN(C(=O)Cc1cc(N2CCN(CCN3CCN(c4ccc(OC[C@](C)(O)C(=O)Nc5ccc(C#N)c(C(F)(F)F)c5)cc4)CC3)CC2)ccn1)C1CCC(=O)NC1=O. The third kappa shape index (κ3) is 11.0. The van der Waals surface area contributed by atoms with Crippen LogP contribution in [0.2, 0.25) is 0 Å². The molecule has 15 nitrogen and oxygen atoms in total. The highest BCUT2D eigenvalue weighted by molar-refractivity contribution is 6.01. The maximum Gasteiger partial charge on any atom is 0.417 e. The molecule has 3 aromatic rings. The second kappa shape index (κ2) is 18.4. The fourth-order valence-electron chi connectivity index (χ4n) is 7.27. The van der Waals surface area contributed by atoms with Crippen molar-refractivity contribution in [1.82, 2.24) is 25.0 Å². The van der Waals surface area contributed by atoms with E-state index in [1.54, 1.807) is 25.4 Å². The first-order chi connectivity index (χ1) is 28.1. The summed E-state index contributed by atoms with van der Waals surface area (Å²) in [6.07, 6.45) is -2.50. The number of rotatable bonds is 13. The molecule has 0 saturated carbocycles. The van der Waals surface area contributed by atoms with Gasteiger partial charge < -0.3 is 29.9 Å². The third-order valence-electron chi connectivity index (χ3n) is 11.0. The van der Waals surface area contributed by atoms with E-state index < -0.39 is 47.4 Å². The summed E-state index contributed by atoms with van der Waals surface area (Å²) in [6, 6.07) is 14.7. The van der Waals surface area contributed by atoms with E-state index in [0.29, 0.717) is 23.9 Å². The van der Waals surface area contributed by atoms with Gasteiger partial charge in [0.25, 0.3) is 5.91 Å². The van der Waals surface area contributed by atoms with Crippen LogP contribution < -0.4 is 25.2 Å². The second-order valence-corrected chi connectivity index (χ2v) is 15.2. The smallest absolute Gasteiger partial charge is 0.417 e. The number of piperidine rings is 1. The number of alkyl halides is 3. The predicted molar refractivity (Wildman–Crippen MR) is 212 cm³/mol. The van der Waals surface area contributed by atoms with Crippen LogP contribution in [0, 0.1) is 11.3 Å². The summed E-state index contributed by atoms with van der Waals surface area (Å²) in [6.45, 7) is 9.62. The van der Waals surface area contributed by atoms with E-state index in [-0.39, 0.29) is 30.3 Å². The Morgan fingerprint density at radius 2 is 1.58 bits per heavy atom. The lowest BCUT2D eigenvalue weighted by molar-refractivity contribution is -0.144. The van der Waals surface area contributed by atoms with Crippen LogP contribution in [0.4, 0.5) is 30.2 Å². The molecule has 4 amide bonds. The van der Waals surface area contributed by atoms with Gasteiger partial charge in [0.2, 0.25) is 17.7 Å². The molecule has 1 unspecified atom stereocenters. The summed E-state index contributed by atoms with van der Waals surface area (Å²) < 4.78 is 45.7. The van der Waals surface area contributed by atoms with Crippen LogP contribution in [0.3, 0.4) is 0 Å². The number of aromatic nitrogens is 1. The molecular formula is C41H48F3N9O6. The van der Waals surface area contributed by atoms with Crippen molar-refractivity contribution in [1.29, 1.82) is 5.26 Å². The number of hydrogen-bond acceptors (Lipinski definition) is 12. The number of likely N-dealkylation sites (N-methyl/N-ethyl adjacent to an activating group) is 1. The highest BCUT2D eigenvalue weighted by Gasteiger charge is 2.36. The zero-order valence-electron chi connectivity index (χ0n) is 33.0. The molecule has 0 spiro atoms.